The zero-order chi connectivity index (χ0) is 41.4. The SMILES string of the molecule is CCCCC/C=C/C/C=C/C/C=C/C/C=C/CCCCCC(=O)OC[C@@H](COP(=O)([O-])OCC[N+](C)(C)C)OC(=O)CCCCCCC/C=C/CCCCCC. The van der Waals surface area contributed by atoms with Crippen molar-refractivity contribution in [2.75, 3.05) is 47.5 Å². The number of hydrogen-bond acceptors (Lipinski definition) is 8. The molecule has 56 heavy (non-hydrogen) atoms. The zero-order valence-corrected chi connectivity index (χ0v) is 37.2. The first-order chi connectivity index (χ1) is 27.0. The largest absolute Gasteiger partial charge is 0.756 e. The van der Waals surface area contributed by atoms with Gasteiger partial charge in [-0.05, 0) is 83.5 Å². The molecular weight excluding hydrogens is 725 g/mol. The summed E-state index contributed by atoms with van der Waals surface area (Å²) < 4.78 is 33.8. The summed E-state index contributed by atoms with van der Waals surface area (Å²) in [7, 11) is 1.13. The number of allylic oxidation sites excluding steroid dienone is 10. The number of hydrogen-bond donors (Lipinski definition) is 0. The third-order valence-corrected chi connectivity index (χ3v) is 9.97. The number of phosphoric acid groups is 1. The van der Waals surface area contributed by atoms with Gasteiger partial charge in [-0.25, -0.2) is 0 Å². The quantitative estimate of drug-likeness (QED) is 0.0198. The van der Waals surface area contributed by atoms with Crippen molar-refractivity contribution in [3.8, 4) is 0 Å². The highest BCUT2D eigenvalue weighted by atomic mass is 31.2. The Balaban J connectivity index is 4.43. The maximum Gasteiger partial charge on any atom is 0.306 e. The van der Waals surface area contributed by atoms with Crippen LogP contribution in [-0.2, 0) is 32.7 Å². The molecule has 0 aromatic rings. The molecular formula is C46H82NO8P. The van der Waals surface area contributed by atoms with Crippen LogP contribution in [0.25, 0.3) is 0 Å². The van der Waals surface area contributed by atoms with Gasteiger partial charge in [0.15, 0.2) is 6.10 Å². The molecule has 2 atom stereocenters. The summed E-state index contributed by atoms with van der Waals surface area (Å²) in [6, 6.07) is 0. The van der Waals surface area contributed by atoms with Crippen molar-refractivity contribution in [2.45, 2.75) is 174 Å². The van der Waals surface area contributed by atoms with Crippen molar-refractivity contribution >= 4 is 19.8 Å². The molecule has 0 spiro atoms. The lowest BCUT2D eigenvalue weighted by atomic mass is 10.1. The molecule has 0 fully saturated rings. The van der Waals surface area contributed by atoms with Crippen LogP contribution in [0.5, 0.6) is 0 Å². The predicted octanol–water partition coefficient (Wildman–Crippen LogP) is 11.8. The molecule has 10 heteroatoms. The van der Waals surface area contributed by atoms with Crippen molar-refractivity contribution in [1.29, 1.82) is 0 Å². The highest BCUT2D eigenvalue weighted by molar-refractivity contribution is 7.45. The molecule has 0 saturated carbocycles. The minimum Gasteiger partial charge on any atom is -0.756 e. The minimum absolute atomic E-state index is 0.0402. The van der Waals surface area contributed by atoms with Gasteiger partial charge >= 0.3 is 11.9 Å². The second kappa shape index (κ2) is 38.2. The maximum absolute atomic E-state index is 12.6. The van der Waals surface area contributed by atoms with E-state index in [2.05, 4.69) is 74.6 Å². The van der Waals surface area contributed by atoms with Gasteiger partial charge in [-0.3, -0.25) is 14.2 Å². The number of likely N-dealkylation sites (N-methyl/N-ethyl adjacent to an activating group) is 1. The van der Waals surface area contributed by atoms with E-state index in [-0.39, 0.29) is 26.1 Å². The number of carbonyl (C=O) groups excluding carboxylic acids is 2. The monoisotopic (exact) mass is 808 g/mol. The fourth-order valence-electron chi connectivity index (χ4n) is 5.51. The lowest BCUT2D eigenvalue weighted by molar-refractivity contribution is -0.870. The lowest BCUT2D eigenvalue weighted by Gasteiger charge is -2.28. The first-order valence-corrected chi connectivity index (χ1v) is 23.5. The fourth-order valence-corrected chi connectivity index (χ4v) is 6.24. The van der Waals surface area contributed by atoms with Crippen LogP contribution in [0, 0.1) is 0 Å². The van der Waals surface area contributed by atoms with E-state index in [4.69, 9.17) is 18.5 Å². The second-order valence-electron chi connectivity index (χ2n) is 15.7. The highest BCUT2D eigenvalue weighted by Crippen LogP contribution is 2.38. The molecule has 0 heterocycles. The van der Waals surface area contributed by atoms with E-state index in [1.54, 1.807) is 0 Å². The average Bonchev–Trinajstić information content (AvgIpc) is 3.15. The molecule has 0 bridgehead atoms. The predicted molar refractivity (Wildman–Crippen MR) is 231 cm³/mol. The third kappa shape index (κ3) is 41.3. The minimum atomic E-state index is -4.63. The van der Waals surface area contributed by atoms with Crippen molar-refractivity contribution in [1.82, 2.24) is 0 Å². The smallest absolute Gasteiger partial charge is 0.306 e. The zero-order valence-electron chi connectivity index (χ0n) is 36.3. The summed E-state index contributed by atoms with van der Waals surface area (Å²) in [6.07, 6.45) is 45.3. The Hall–Kier alpha value is -2.29. The number of nitrogens with zero attached hydrogens (tertiary/aromatic N) is 1. The molecule has 0 aliphatic heterocycles. The van der Waals surface area contributed by atoms with Crippen molar-refractivity contribution in [3.63, 3.8) is 0 Å². The molecule has 0 aromatic heterocycles. The van der Waals surface area contributed by atoms with Crippen LogP contribution in [0.4, 0.5) is 0 Å². The molecule has 0 aromatic carbocycles. The lowest BCUT2D eigenvalue weighted by Crippen LogP contribution is -2.37. The molecule has 0 N–H and O–H groups in total. The Bertz CT molecular complexity index is 1140. The van der Waals surface area contributed by atoms with Crippen LogP contribution in [0.2, 0.25) is 0 Å². The summed E-state index contributed by atoms with van der Waals surface area (Å²) in [5, 5.41) is 0. The van der Waals surface area contributed by atoms with E-state index in [1.807, 2.05) is 21.1 Å². The molecule has 0 radical (unpaired) electrons. The molecule has 0 amide bonds. The summed E-state index contributed by atoms with van der Waals surface area (Å²) in [5.74, 6) is -0.885. The Labute approximate surface area is 343 Å². The van der Waals surface area contributed by atoms with Gasteiger partial charge in [0.25, 0.3) is 7.82 Å². The Kier molecular flexibility index (Phi) is 36.7. The standard InChI is InChI=1S/C46H82NO8P/c1-6-8-10-12-14-16-18-20-21-22-23-24-25-27-28-30-32-34-36-38-45(48)52-42-44(43-54-56(50,51)53-41-40-47(3,4)5)55-46(49)39-37-35-33-31-29-26-19-17-15-13-11-9-7-2/h14,16-17,19-21,23-24,27-28,44H,6-13,15,18,22,25-26,29-43H2,1-5H3/b16-14+,19-17+,21-20+,24-23+,28-27+/t44-/m0/s1. The van der Waals surface area contributed by atoms with E-state index >= 15 is 0 Å². The molecule has 0 rings (SSSR count). The number of quaternary nitrogens is 1. The first-order valence-electron chi connectivity index (χ1n) is 22.0. The number of rotatable bonds is 39. The molecule has 0 aliphatic rings. The summed E-state index contributed by atoms with van der Waals surface area (Å²) in [6.45, 7) is 4.12. The second-order valence-corrected chi connectivity index (χ2v) is 17.1. The van der Waals surface area contributed by atoms with Gasteiger partial charge in [0, 0.05) is 12.8 Å². The van der Waals surface area contributed by atoms with Gasteiger partial charge < -0.3 is 27.9 Å². The Morgan fingerprint density at radius 1 is 0.554 bits per heavy atom. The number of esters is 2. The van der Waals surface area contributed by atoms with Crippen LogP contribution in [-0.4, -0.2) is 70.0 Å². The van der Waals surface area contributed by atoms with Gasteiger partial charge in [-0.2, -0.15) is 0 Å². The fraction of sp³-hybridized carbons (Fsp3) is 0.739. The average molecular weight is 808 g/mol. The van der Waals surface area contributed by atoms with Crippen LogP contribution in [0.3, 0.4) is 0 Å². The molecule has 0 aliphatic carbocycles. The third-order valence-electron chi connectivity index (χ3n) is 9.01. The Morgan fingerprint density at radius 2 is 0.964 bits per heavy atom. The number of carbonyl (C=O) groups is 2. The van der Waals surface area contributed by atoms with Crippen molar-refractivity contribution < 1.29 is 42.1 Å². The van der Waals surface area contributed by atoms with Crippen LogP contribution in [0.1, 0.15) is 168 Å². The van der Waals surface area contributed by atoms with E-state index in [9.17, 15) is 19.0 Å². The molecule has 324 valence electrons. The van der Waals surface area contributed by atoms with Gasteiger partial charge in [0.2, 0.25) is 0 Å². The van der Waals surface area contributed by atoms with E-state index in [1.165, 1.54) is 51.4 Å². The van der Waals surface area contributed by atoms with E-state index in [0.717, 1.165) is 77.0 Å². The summed E-state index contributed by atoms with van der Waals surface area (Å²) >= 11 is 0. The van der Waals surface area contributed by atoms with Crippen LogP contribution in [0.15, 0.2) is 60.8 Å². The summed E-state index contributed by atoms with van der Waals surface area (Å²) in [5.41, 5.74) is 0. The van der Waals surface area contributed by atoms with Gasteiger partial charge in [-0.1, -0.05) is 132 Å². The number of phosphoric ester groups is 1. The van der Waals surface area contributed by atoms with Crippen LogP contribution >= 0.6 is 7.82 Å². The van der Waals surface area contributed by atoms with Gasteiger partial charge in [-0.15, -0.1) is 0 Å². The maximum atomic E-state index is 12.6. The normalized spacial score (nSPS) is 14.2. The molecule has 1 unspecified atom stereocenters. The number of unbranched alkanes of at least 4 members (excludes halogenated alkanes) is 15. The van der Waals surface area contributed by atoms with Gasteiger partial charge in [0.05, 0.1) is 27.7 Å². The Morgan fingerprint density at radius 3 is 1.50 bits per heavy atom. The molecule has 0 saturated heterocycles. The number of ether oxygens (including phenoxy) is 2. The first kappa shape index (κ1) is 53.7. The topological polar surface area (TPSA) is 111 Å². The van der Waals surface area contributed by atoms with Crippen LogP contribution < -0.4 is 4.89 Å². The highest BCUT2D eigenvalue weighted by Gasteiger charge is 2.21. The van der Waals surface area contributed by atoms with Crippen molar-refractivity contribution in [2.24, 2.45) is 0 Å². The molecule has 9 nitrogen and oxygen atoms in total. The van der Waals surface area contributed by atoms with E-state index in [0.29, 0.717) is 23.9 Å². The van der Waals surface area contributed by atoms with Gasteiger partial charge in [0.1, 0.15) is 19.8 Å². The van der Waals surface area contributed by atoms with E-state index < -0.39 is 32.5 Å². The summed E-state index contributed by atoms with van der Waals surface area (Å²) in [4.78, 5) is 37.5. The van der Waals surface area contributed by atoms with Crippen molar-refractivity contribution in [3.05, 3.63) is 60.8 Å².